The zero-order chi connectivity index (χ0) is 49.8. The van der Waals surface area contributed by atoms with E-state index in [1.54, 1.807) is 38.1 Å². The predicted molar refractivity (Wildman–Crippen MR) is 266 cm³/mol. The number of hydrogen-bond acceptors (Lipinski definition) is 11. The highest BCUT2D eigenvalue weighted by Gasteiger charge is 2.35. The lowest BCUT2D eigenvalue weighted by atomic mass is 9.93. The molecule has 0 fully saturated rings. The lowest BCUT2D eigenvalue weighted by Gasteiger charge is -2.25. The third-order valence-electron chi connectivity index (χ3n) is 11.1. The standard InChI is InChI=1S/C27H34ClNO5S.C26H31NO6/c1-19(34-20(2)22-11-6-5-7-12-22)10-8-9-13-26(30)29-24(27(31)33-18-35-4)17-21-14-15-25(32-3)23(28)16-21;1-16(2)13-22(23(28)29)33-24(30)26(3,4)15-27-25(31)32-14-21-19-11-7-5-9-17(19)18-10-6-8-12-20(18)21/h5-7,9,11-16,19-20,24H,8,10,17-18H2,1-4H3,(H,29,30);5-12,16,21-22H,13-15H2,1-4H3,(H,27,31)(H,28,29)/b13-9+;/t19-,20-,24+;22-/m00/s1. The van der Waals surface area contributed by atoms with E-state index in [0.717, 1.165) is 39.8 Å². The van der Waals surface area contributed by atoms with Crippen molar-refractivity contribution in [1.29, 1.82) is 0 Å². The van der Waals surface area contributed by atoms with E-state index in [2.05, 4.69) is 22.8 Å². The van der Waals surface area contributed by atoms with Crippen LogP contribution in [0.4, 0.5) is 4.79 Å². The van der Waals surface area contributed by atoms with E-state index in [4.69, 9.17) is 35.3 Å². The van der Waals surface area contributed by atoms with Gasteiger partial charge in [0.2, 0.25) is 5.91 Å². The molecule has 1 aliphatic rings. The number of carbonyl (C=O) groups is 5. The van der Waals surface area contributed by atoms with Crippen LogP contribution < -0.4 is 15.4 Å². The number of fused-ring (bicyclic) bond motifs is 3. The summed E-state index contributed by atoms with van der Waals surface area (Å²) >= 11 is 7.59. The van der Waals surface area contributed by atoms with Crippen LogP contribution in [0.1, 0.15) is 95.1 Å². The predicted octanol–water partition coefficient (Wildman–Crippen LogP) is 10.3. The molecule has 13 nitrogen and oxygen atoms in total. The maximum atomic E-state index is 12.5. The first-order valence-electron chi connectivity index (χ1n) is 22.6. The number of nitrogens with one attached hydrogen (secondary N) is 2. The minimum atomic E-state index is -1.22. The molecule has 4 aromatic carbocycles. The monoisotopic (exact) mass is 972 g/mol. The summed E-state index contributed by atoms with van der Waals surface area (Å²) in [6.45, 7) is 11.1. The van der Waals surface area contributed by atoms with Gasteiger partial charge in [0, 0.05) is 18.9 Å². The summed E-state index contributed by atoms with van der Waals surface area (Å²) in [5, 5.41) is 15.1. The molecule has 0 unspecified atom stereocenters. The minimum absolute atomic E-state index is 0.00186. The number of esters is 2. The number of carboxylic acids is 1. The third-order valence-corrected chi connectivity index (χ3v) is 11.7. The number of carbonyl (C=O) groups excluding carboxylic acids is 4. The molecular formula is C53H65ClN2O11S. The molecule has 0 bridgehead atoms. The molecular weight excluding hydrogens is 908 g/mol. The van der Waals surface area contributed by atoms with Crippen molar-refractivity contribution < 1.29 is 52.8 Å². The van der Waals surface area contributed by atoms with E-state index in [1.807, 2.05) is 101 Å². The number of thioether (sulfide) groups is 1. The Morgan fingerprint density at radius 1 is 0.868 bits per heavy atom. The van der Waals surface area contributed by atoms with Gasteiger partial charge in [0.1, 0.15) is 24.3 Å². The summed E-state index contributed by atoms with van der Waals surface area (Å²) < 4.78 is 27.2. The third kappa shape index (κ3) is 17.0. The molecule has 3 N–H and O–H groups in total. The van der Waals surface area contributed by atoms with Crippen molar-refractivity contribution in [2.45, 2.75) is 97.5 Å². The number of alkyl carbamates (subject to hydrolysis) is 1. The summed E-state index contributed by atoms with van der Waals surface area (Å²) in [7, 11) is 1.53. The van der Waals surface area contributed by atoms with Crippen LogP contribution in [0.2, 0.25) is 5.02 Å². The van der Waals surface area contributed by atoms with Crippen molar-refractivity contribution >= 4 is 53.3 Å². The Labute approximate surface area is 409 Å². The molecule has 0 aliphatic heterocycles. The van der Waals surface area contributed by atoms with Crippen molar-refractivity contribution in [3.63, 3.8) is 0 Å². The molecule has 4 aromatic rings. The average molecular weight is 974 g/mol. The Morgan fingerprint density at radius 3 is 2.09 bits per heavy atom. The average Bonchev–Trinajstić information content (AvgIpc) is 3.64. The van der Waals surface area contributed by atoms with E-state index in [1.165, 1.54) is 24.9 Å². The molecule has 15 heteroatoms. The minimum Gasteiger partial charge on any atom is -0.495 e. The van der Waals surface area contributed by atoms with Gasteiger partial charge >= 0.3 is 24.0 Å². The maximum absolute atomic E-state index is 12.5. The topological polar surface area (TPSA) is 176 Å². The number of ether oxygens (including phenoxy) is 5. The maximum Gasteiger partial charge on any atom is 0.407 e. The van der Waals surface area contributed by atoms with Crippen LogP contribution in [-0.2, 0) is 44.5 Å². The van der Waals surface area contributed by atoms with Crippen LogP contribution in [0, 0.1) is 11.3 Å². The fraction of sp³-hybridized carbons (Fsp3) is 0.415. The summed E-state index contributed by atoms with van der Waals surface area (Å²) in [5.74, 6) is -1.97. The van der Waals surface area contributed by atoms with E-state index < -0.39 is 41.6 Å². The van der Waals surface area contributed by atoms with Gasteiger partial charge in [-0.2, -0.15) is 0 Å². The zero-order valence-electron chi connectivity index (χ0n) is 40.1. The molecule has 0 spiro atoms. The van der Waals surface area contributed by atoms with Gasteiger partial charge < -0.3 is 39.4 Å². The summed E-state index contributed by atoms with van der Waals surface area (Å²) in [4.78, 5) is 61.4. The second-order valence-electron chi connectivity index (χ2n) is 17.5. The molecule has 366 valence electrons. The number of benzene rings is 4. The van der Waals surface area contributed by atoms with Crippen molar-refractivity contribution in [2.75, 3.05) is 32.5 Å². The van der Waals surface area contributed by atoms with Gasteiger partial charge in [0.25, 0.3) is 0 Å². The number of allylic oxidation sites excluding steroid dienone is 1. The number of rotatable bonds is 23. The highest BCUT2D eigenvalue weighted by atomic mass is 35.5. The first-order valence-corrected chi connectivity index (χ1v) is 24.4. The SMILES string of the molecule is CC(C)C[C@H](OC(=O)C(C)(C)CNC(=O)OCC1c2ccccc2-c2ccccc21)C(=O)O.COc1ccc(C[C@@H](NC(=O)/C=C/CC[C@H](C)O[C@@H](C)c2ccccc2)C(=O)OCSC)cc1Cl. The second-order valence-corrected chi connectivity index (χ2v) is 18.7. The molecule has 5 rings (SSSR count). The van der Waals surface area contributed by atoms with Gasteiger partial charge in [-0.1, -0.05) is 116 Å². The van der Waals surface area contributed by atoms with Crippen molar-refractivity contribution in [1.82, 2.24) is 10.6 Å². The number of amides is 2. The highest BCUT2D eigenvalue weighted by Crippen LogP contribution is 2.44. The normalized spacial score (nSPS) is 13.7. The zero-order valence-corrected chi connectivity index (χ0v) is 41.7. The van der Waals surface area contributed by atoms with Gasteiger partial charge in [-0.25, -0.2) is 14.4 Å². The van der Waals surface area contributed by atoms with E-state index >= 15 is 0 Å². The van der Waals surface area contributed by atoms with Crippen LogP contribution >= 0.6 is 23.4 Å². The number of aliphatic carboxylic acids is 1. The molecule has 0 heterocycles. The molecule has 0 aromatic heterocycles. The molecule has 1 aliphatic carbocycles. The van der Waals surface area contributed by atoms with Crippen molar-refractivity contribution in [3.05, 3.63) is 136 Å². The van der Waals surface area contributed by atoms with Gasteiger partial charge in [-0.05, 0) is 111 Å². The van der Waals surface area contributed by atoms with Gasteiger partial charge in [0.05, 0.1) is 29.8 Å². The first kappa shape index (κ1) is 54.8. The Kier molecular flexibility index (Phi) is 21.9. The molecule has 0 radical (unpaired) electrons. The van der Waals surface area contributed by atoms with Crippen LogP contribution in [0.5, 0.6) is 5.75 Å². The van der Waals surface area contributed by atoms with Crippen LogP contribution in [0.25, 0.3) is 11.1 Å². The first-order chi connectivity index (χ1) is 32.4. The Morgan fingerprint density at radius 2 is 1.50 bits per heavy atom. The number of halogens is 1. The summed E-state index contributed by atoms with van der Waals surface area (Å²) in [6.07, 6.45) is 5.15. The Hall–Kier alpha value is -5.83. The van der Waals surface area contributed by atoms with E-state index in [0.29, 0.717) is 17.2 Å². The molecule has 2 amide bonds. The number of methoxy groups -OCH3 is 1. The lowest BCUT2D eigenvalue weighted by Crippen LogP contribution is -2.42. The van der Waals surface area contributed by atoms with Gasteiger partial charge in [0.15, 0.2) is 6.10 Å². The van der Waals surface area contributed by atoms with Gasteiger partial charge in [-0.3, -0.25) is 9.59 Å². The van der Waals surface area contributed by atoms with Gasteiger partial charge in [-0.15, -0.1) is 11.8 Å². The number of hydrogen-bond donors (Lipinski definition) is 3. The summed E-state index contributed by atoms with van der Waals surface area (Å²) in [5.41, 5.74) is 5.30. The lowest BCUT2D eigenvalue weighted by molar-refractivity contribution is -0.171. The quantitative estimate of drug-likeness (QED) is 0.0278. The largest absolute Gasteiger partial charge is 0.495 e. The number of carboxylic acid groups (broad SMARTS) is 1. The summed E-state index contributed by atoms with van der Waals surface area (Å²) in [6, 6.07) is 30.6. The van der Waals surface area contributed by atoms with Crippen molar-refractivity contribution in [2.24, 2.45) is 11.3 Å². The fourth-order valence-corrected chi connectivity index (χ4v) is 7.89. The molecule has 0 saturated heterocycles. The molecule has 68 heavy (non-hydrogen) atoms. The van der Waals surface area contributed by atoms with Crippen LogP contribution in [0.3, 0.4) is 0 Å². The molecule has 0 saturated carbocycles. The van der Waals surface area contributed by atoms with E-state index in [9.17, 15) is 29.1 Å². The van der Waals surface area contributed by atoms with Crippen LogP contribution in [0.15, 0.2) is 109 Å². The van der Waals surface area contributed by atoms with Crippen LogP contribution in [-0.4, -0.2) is 85.7 Å². The smallest absolute Gasteiger partial charge is 0.407 e. The fourth-order valence-electron chi connectivity index (χ4n) is 7.37. The second kappa shape index (κ2) is 27.2. The molecule has 4 atom stereocenters. The Balaban J connectivity index is 0.000000297. The highest BCUT2D eigenvalue weighted by molar-refractivity contribution is 7.98. The Bertz CT molecular complexity index is 2280. The van der Waals surface area contributed by atoms with Crippen molar-refractivity contribution in [3.8, 4) is 16.9 Å². The van der Waals surface area contributed by atoms with E-state index in [-0.39, 0.29) is 61.9 Å².